The summed E-state index contributed by atoms with van der Waals surface area (Å²) in [6.45, 7) is 7.37. The fourth-order valence-electron chi connectivity index (χ4n) is 2.10. The summed E-state index contributed by atoms with van der Waals surface area (Å²) in [5.41, 5.74) is 0.0356. The first-order valence-corrected chi connectivity index (χ1v) is 7.09. The van der Waals surface area contributed by atoms with Gasteiger partial charge in [0.1, 0.15) is 11.4 Å². The SMILES string of the molecule is CC(C)C[C@H]1OC[C@@](C)(OCc2ccccc2F)CO1. The zero-order valence-corrected chi connectivity index (χ0v) is 12.4. The van der Waals surface area contributed by atoms with Crippen molar-refractivity contribution in [2.24, 2.45) is 5.92 Å². The lowest BCUT2D eigenvalue weighted by Crippen LogP contribution is -2.47. The Balaban J connectivity index is 1.83. The van der Waals surface area contributed by atoms with Crippen molar-refractivity contribution in [3.63, 3.8) is 0 Å². The molecule has 112 valence electrons. The van der Waals surface area contributed by atoms with Gasteiger partial charge in [-0.25, -0.2) is 4.39 Å². The van der Waals surface area contributed by atoms with Gasteiger partial charge in [0.05, 0.1) is 19.8 Å². The Morgan fingerprint density at radius 2 is 1.95 bits per heavy atom. The minimum Gasteiger partial charge on any atom is -0.366 e. The molecule has 3 nitrogen and oxygen atoms in total. The lowest BCUT2D eigenvalue weighted by atomic mass is 10.1. The van der Waals surface area contributed by atoms with Crippen molar-refractivity contribution < 1.29 is 18.6 Å². The van der Waals surface area contributed by atoms with Gasteiger partial charge in [0.2, 0.25) is 0 Å². The third-order valence-corrected chi connectivity index (χ3v) is 3.35. The second-order valence-electron chi connectivity index (χ2n) is 6.01. The van der Waals surface area contributed by atoms with Crippen LogP contribution in [0.1, 0.15) is 32.8 Å². The second kappa shape index (κ2) is 6.66. The van der Waals surface area contributed by atoms with Crippen LogP contribution < -0.4 is 0 Å². The predicted octanol–water partition coefficient (Wildman–Crippen LogP) is 3.52. The van der Waals surface area contributed by atoms with Crippen LogP contribution in [0.4, 0.5) is 4.39 Å². The van der Waals surface area contributed by atoms with E-state index in [1.54, 1.807) is 18.2 Å². The van der Waals surface area contributed by atoms with E-state index in [1.165, 1.54) is 6.07 Å². The molecular formula is C16H23FO3. The molecule has 0 unspecified atom stereocenters. The fourth-order valence-corrected chi connectivity index (χ4v) is 2.10. The van der Waals surface area contributed by atoms with E-state index in [1.807, 2.05) is 6.92 Å². The highest BCUT2D eigenvalue weighted by Gasteiger charge is 2.34. The highest BCUT2D eigenvalue weighted by molar-refractivity contribution is 5.16. The van der Waals surface area contributed by atoms with E-state index in [0.29, 0.717) is 24.7 Å². The van der Waals surface area contributed by atoms with Gasteiger partial charge < -0.3 is 14.2 Å². The van der Waals surface area contributed by atoms with Crippen molar-refractivity contribution in [2.45, 2.75) is 45.7 Å². The highest BCUT2D eigenvalue weighted by atomic mass is 19.1. The summed E-state index contributed by atoms with van der Waals surface area (Å²) in [5.74, 6) is 0.287. The molecule has 1 saturated heterocycles. The third-order valence-electron chi connectivity index (χ3n) is 3.35. The molecular weight excluding hydrogens is 259 g/mol. The summed E-state index contributed by atoms with van der Waals surface area (Å²) in [5, 5.41) is 0. The molecule has 0 aromatic heterocycles. The van der Waals surface area contributed by atoms with E-state index in [-0.39, 0.29) is 18.7 Å². The molecule has 0 bridgehead atoms. The molecule has 1 aliphatic rings. The van der Waals surface area contributed by atoms with E-state index in [2.05, 4.69) is 13.8 Å². The smallest absolute Gasteiger partial charge is 0.158 e. The van der Waals surface area contributed by atoms with Crippen LogP contribution in [0.5, 0.6) is 0 Å². The Bertz CT molecular complexity index is 425. The number of hydrogen-bond acceptors (Lipinski definition) is 3. The van der Waals surface area contributed by atoms with Crippen molar-refractivity contribution in [1.82, 2.24) is 0 Å². The maximum Gasteiger partial charge on any atom is 0.158 e. The van der Waals surface area contributed by atoms with Gasteiger partial charge in [-0.2, -0.15) is 0 Å². The molecule has 1 aliphatic heterocycles. The summed E-state index contributed by atoms with van der Waals surface area (Å²) in [6, 6.07) is 6.64. The number of hydrogen-bond donors (Lipinski definition) is 0. The predicted molar refractivity (Wildman–Crippen MR) is 74.7 cm³/mol. The zero-order chi connectivity index (χ0) is 14.6. The van der Waals surface area contributed by atoms with Crippen LogP contribution in [0, 0.1) is 11.7 Å². The van der Waals surface area contributed by atoms with Gasteiger partial charge in [0.25, 0.3) is 0 Å². The van der Waals surface area contributed by atoms with Gasteiger partial charge in [-0.15, -0.1) is 0 Å². The van der Waals surface area contributed by atoms with E-state index >= 15 is 0 Å². The number of ether oxygens (including phenoxy) is 3. The standard InChI is InChI=1S/C16H23FO3/c1-12(2)8-15-18-10-16(3,11-19-15)20-9-13-6-4-5-7-14(13)17/h4-7,12,15H,8-11H2,1-3H3/t15-,16+. The quantitative estimate of drug-likeness (QED) is 0.827. The van der Waals surface area contributed by atoms with Gasteiger partial charge in [-0.3, -0.25) is 0 Å². The summed E-state index contributed by atoms with van der Waals surface area (Å²) in [7, 11) is 0. The lowest BCUT2D eigenvalue weighted by Gasteiger charge is -2.37. The molecule has 1 aromatic carbocycles. The average molecular weight is 282 g/mol. The van der Waals surface area contributed by atoms with E-state index in [0.717, 1.165) is 6.42 Å². The van der Waals surface area contributed by atoms with Crippen LogP contribution in [0.2, 0.25) is 0 Å². The molecule has 0 radical (unpaired) electrons. The molecule has 0 saturated carbocycles. The molecule has 1 fully saturated rings. The Morgan fingerprint density at radius 1 is 1.30 bits per heavy atom. The lowest BCUT2D eigenvalue weighted by molar-refractivity contribution is -0.266. The molecule has 0 aliphatic carbocycles. The van der Waals surface area contributed by atoms with Gasteiger partial charge in [-0.05, 0) is 18.9 Å². The number of halogens is 1. The van der Waals surface area contributed by atoms with Crippen LogP contribution in [-0.4, -0.2) is 25.1 Å². The van der Waals surface area contributed by atoms with E-state index in [4.69, 9.17) is 14.2 Å². The second-order valence-corrected chi connectivity index (χ2v) is 6.01. The van der Waals surface area contributed by atoms with Crippen LogP contribution in [0.3, 0.4) is 0 Å². The summed E-state index contributed by atoms with van der Waals surface area (Å²) >= 11 is 0. The van der Waals surface area contributed by atoms with Crippen LogP contribution in [0.25, 0.3) is 0 Å². The minimum atomic E-state index is -0.518. The molecule has 1 aromatic rings. The van der Waals surface area contributed by atoms with Crippen molar-refractivity contribution in [1.29, 1.82) is 0 Å². The van der Waals surface area contributed by atoms with Gasteiger partial charge in [-0.1, -0.05) is 32.0 Å². The molecule has 0 amide bonds. The van der Waals surface area contributed by atoms with Gasteiger partial charge in [0.15, 0.2) is 6.29 Å². The summed E-state index contributed by atoms with van der Waals surface area (Å²) in [6.07, 6.45) is 0.726. The molecule has 1 heterocycles. The third kappa shape index (κ3) is 4.27. The number of benzene rings is 1. The molecule has 0 atom stereocenters. The minimum absolute atomic E-state index is 0.153. The molecule has 0 N–H and O–H groups in total. The van der Waals surface area contributed by atoms with E-state index < -0.39 is 5.60 Å². The van der Waals surface area contributed by atoms with Gasteiger partial charge >= 0.3 is 0 Å². The highest BCUT2D eigenvalue weighted by Crippen LogP contribution is 2.24. The normalized spacial score (nSPS) is 26.9. The summed E-state index contributed by atoms with van der Waals surface area (Å²) in [4.78, 5) is 0. The van der Waals surface area contributed by atoms with Crippen LogP contribution >= 0.6 is 0 Å². The summed E-state index contributed by atoms with van der Waals surface area (Å²) < 4.78 is 30.7. The molecule has 0 spiro atoms. The Hall–Kier alpha value is -0.970. The molecule has 4 heteroatoms. The first kappa shape index (κ1) is 15.4. The Kier molecular flexibility index (Phi) is 5.13. The van der Waals surface area contributed by atoms with Crippen LogP contribution in [0.15, 0.2) is 24.3 Å². The fraction of sp³-hybridized carbons (Fsp3) is 0.625. The average Bonchev–Trinajstić information content (AvgIpc) is 2.41. The zero-order valence-electron chi connectivity index (χ0n) is 12.4. The van der Waals surface area contributed by atoms with E-state index in [9.17, 15) is 4.39 Å². The maximum absolute atomic E-state index is 13.5. The first-order valence-electron chi connectivity index (χ1n) is 7.09. The first-order chi connectivity index (χ1) is 9.48. The molecule has 20 heavy (non-hydrogen) atoms. The Morgan fingerprint density at radius 3 is 2.55 bits per heavy atom. The largest absolute Gasteiger partial charge is 0.366 e. The van der Waals surface area contributed by atoms with Crippen molar-refractivity contribution in [3.8, 4) is 0 Å². The molecule has 2 rings (SSSR count). The maximum atomic E-state index is 13.5. The van der Waals surface area contributed by atoms with Crippen molar-refractivity contribution in [2.75, 3.05) is 13.2 Å². The Labute approximate surface area is 120 Å². The van der Waals surface area contributed by atoms with Crippen molar-refractivity contribution >= 4 is 0 Å². The monoisotopic (exact) mass is 282 g/mol. The van der Waals surface area contributed by atoms with Gasteiger partial charge in [0, 0.05) is 12.0 Å². The van der Waals surface area contributed by atoms with Crippen LogP contribution in [-0.2, 0) is 20.8 Å². The van der Waals surface area contributed by atoms with Crippen molar-refractivity contribution in [3.05, 3.63) is 35.6 Å². The number of rotatable bonds is 5. The topological polar surface area (TPSA) is 27.7 Å².